The Morgan fingerprint density at radius 1 is 1.22 bits per heavy atom. The second-order valence-corrected chi connectivity index (χ2v) is 5.89. The zero-order valence-electron chi connectivity index (χ0n) is 10.8. The third-order valence-corrected chi connectivity index (χ3v) is 3.94. The Morgan fingerprint density at radius 2 is 2.06 bits per heavy atom. The molecule has 1 aromatic rings. The zero-order valence-corrected chi connectivity index (χ0v) is 12.4. The van der Waals surface area contributed by atoms with Gasteiger partial charge < -0.3 is 10.1 Å². The lowest BCUT2D eigenvalue weighted by atomic mass is 9.96. The first-order valence-electron chi connectivity index (χ1n) is 6.90. The maximum Gasteiger partial charge on any atom is 0.0717 e. The molecule has 100 valence electrons. The molecular weight excluding hydrogens is 290 g/mol. The minimum atomic E-state index is 0.700. The van der Waals surface area contributed by atoms with Gasteiger partial charge in [-0.1, -0.05) is 47.3 Å². The molecule has 18 heavy (non-hydrogen) atoms. The summed E-state index contributed by atoms with van der Waals surface area (Å²) in [5.74, 6) is 0. The van der Waals surface area contributed by atoms with Crippen LogP contribution in [0.5, 0.6) is 0 Å². The standard InChI is InChI=1S/C15H22BrNO/c16-14-6-4-5-13(11-14)12-18-10-9-17-15-7-2-1-3-8-15/h4-6,11,15,17H,1-3,7-10,12H2. The smallest absolute Gasteiger partial charge is 0.0717 e. The normalized spacial score (nSPS) is 16.9. The van der Waals surface area contributed by atoms with Gasteiger partial charge in [0.1, 0.15) is 0 Å². The van der Waals surface area contributed by atoms with E-state index < -0.39 is 0 Å². The molecule has 0 aliphatic heterocycles. The second-order valence-electron chi connectivity index (χ2n) is 4.97. The van der Waals surface area contributed by atoms with Crippen molar-refractivity contribution in [1.82, 2.24) is 5.32 Å². The quantitative estimate of drug-likeness (QED) is 0.805. The molecule has 0 amide bonds. The molecule has 2 rings (SSSR count). The highest BCUT2D eigenvalue weighted by atomic mass is 79.9. The molecule has 0 unspecified atom stereocenters. The summed E-state index contributed by atoms with van der Waals surface area (Å²) in [5, 5.41) is 3.58. The second kappa shape index (κ2) is 7.93. The van der Waals surface area contributed by atoms with E-state index in [0.29, 0.717) is 6.61 Å². The number of benzene rings is 1. The van der Waals surface area contributed by atoms with Crippen molar-refractivity contribution in [3.8, 4) is 0 Å². The van der Waals surface area contributed by atoms with Gasteiger partial charge in [0.2, 0.25) is 0 Å². The summed E-state index contributed by atoms with van der Waals surface area (Å²) >= 11 is 3.47. The average Bonchev–Trinajstić information content (AvgIpc) is 2.40. The van der Waals surface area contributed by atoms with E-state index in [4.69, 9.17) is 4.74 Å². The summed E-state index contributed by atoms with van der Waals surface area (Å²) in [6, 6.07) is 9.01. The Labute approximate surface area is 118 Å². The fraction of sp³-hybridized carbons (Fsp3) is 0.600. The Hall–Kier alpha value is -0.380. The molecule has 0 atom stereocenters. The number of hydrogen-bond acceptors (Lipinski definition) is 2. The van der Waals surface area contributed by atoms with Gasteiger partial charge >= 0.3 is 0 Å². The van der Waals surface area contributed by atoms with Gasteiger partial charge in [-0.15, -0.1) is 0 Å². The third kappa shape index (κ3) is 5.09. The number of halogens is 1. The Kier molecular flexibility index (Phi) is 6.18. The Balaban J connectivity index is 1.55. The van der Waals surface area contributed by atoms with Gasteiger partial charge in [0.25, 0.3) is 0 Å². The van der Waals surface area contributed by atoms with Crippen LogP contribution in [0.25, 0.3) is 0 Å². The Morgan fingerprint density at radius 3 is 2.83 bits per heavy atom. The van der Waals surface area contributed by atoms with Crippen molar-refractivity contribution in [1.29, 1.82) is 0 Å². The van der Waals surface area contributed by atoms with Crippen LogP contribution in [0.4, 0.5) is 0 Å². The summed E-state index contributed by atoms with van der Waals surface area (Å²) < 4.78 is 6.80. The first kappa shape index (κ1) is 14.0. The summed E-state index contributed by atoms with van der Waals surface area (Å²) in [5.41, 5.74) is 1.22. The van der Waals surface area contributed by atoms with E-state index in [-0.39, 0.29) is 0 Å². The highest BCUT2D eigenvalue weighted by Gasteiger charge is 2.11. The number of rotatable bonds is 6. The van der Waals surface area contributed by atoms with E-state index >= 15 is 0 Å². The van der Waals surface area contributed by atoms with Crippen LogP contribution in [0.15, 0.2) is 28.7 Å². The Bertz CT molecular complexity index is 350. The highest BCUT2D eigenvalue weighted by molar-refractivity contribution is 9.10. The van der Waals surface area contributed by atoms with Crippen molar-refractivity contribution >= 4 is 15.9 Å². The summed E-state index contributed by atoms with van der Waals surface area (Å²) in [7, 11) is 0. The molecule has 3 heteroatoms. The first-order chi connectivity index (χ1) is 8.84. The maximum absolute atomic E-state index is 5.68. The minimum absolute atomic E-state index is 0.700. The molecule has 1 saturated carbocycles. The molecule has 0 bridgehead atoms. The van der Waals surface area contributed by atoms with Crippen molar-refractivity contribution in [3.63, 3.8) is 0 Å². The molecule has 1 aliphatic carbocycles. The monoisotopic (exact) mass is 311 g/mol. The fourth-order valence-electron chi connectivity index (χ4n) is 2.46. The zero-order chi connectivity index (χ0) is 12.6. The van der Waals surface area contributed by atoms with Crippen LogP contribution in [0.2, 0.25) is 0 Å². The highest BCUT2D eigenvalue weighted by Crippen LogP contribution is 2.17. The average molecular weight is 312 g/mol. The van der Waals surface area contributed by atoms with Crippen LogP contribution < -0.4 is 5.32 Å². The van der Waals surface area contributed by atoms with Crippen molar-refractivity contribution in [2.75, 3.05) is 13.2 Å². The van der Waals surface area contributed by atoms with E-state index in [0.717, 1.165) is 23.7 Å². The molecule has 0 aromatic heterocycles. The van der Waals surface area contributed by atoms with E-state index in [9.17, 15) is 0 Å². The number of hydrogen-bond donors (Lipinski definition) is 1. The van der Waals surface area contributed by atoms with Crippen molar-refractivity contribution in [2.45, 2.75) is 44.8 Å². The molecule has 0 radical (unpaired) electrons. The van der Waals surface area contributed by atoms with E-state index in [2.05, 4.69) is 33.4 Å². The molecule has 0 heterocycles. The van der Waals surface area contributed by atoms with Crippen LogP contribution in [-0.2, 0) is 11.3 Å². The molecule has 1 aliphatic rings. The number of ether oxygens (including phenoxy) is 1. The molecule has 1 aromatic carbocycles. The van der Waals surface area contributed by atoms with E-state index in [1.165, 1.54) is 37.7 Å². The lowest BCUT2D eigenvalue weighted by Crippen LogP contribution is -2.33. The predicted octanol–water partition coefficient (Wildman–Crippen LogP) is 3.89. The van der Waals surface area contributed by atoms with Gasteiger partial charge in [0.15, 0.2) is 0 Å². The topological polar surface area (TPSA) is 21.3 Å². The lowest BCUT2D eigenvalue weighted by molar-refractivity contribution is 0.119. The van der Waals surface area contributed by atoms with Crippen LogP contribution in [0.1, 0.15) is 37.7 Å². The summed E-state index contributed by atoms with van der Waals surface area (Å²) in [6.07, 6.45) is 6.86. The van der Waals surface area contributed by atoms with Gasteiger partial charge in [-0.2, -0.15) is 0 Å². The van der Waals surface area contributed by atoms with Gasteiger partial charge in [0, 0.05) is 17.1 Å². The van der Waals surface area contributed by atoms with Gasteiger partial charge in [0.05, 0.1) is 13.2 Å². The van der Waals surface area contributed by atoms with E-state index in [1.54, 1.807) is 0 Å². The fourth-order valence-corrected chi connectivity index (χ4v) is 2.91. The van der Waals surface area contributed by atoms with Crippen molar-refractivity contribution in [2.24, 2.45) is 0 Å². The van der Waals surface area contributed by atoms with Crippen LogP contribution >= 0.6 is 15.9 Å². The summed E-state index contributed by atoms with van der Waals surface area (Å²) in [4.78, 5) is 0. The van der Waals surface area contributed by atoms with Crippen LogP contribution in [0, 0.1) is 0 Å². The molecular formula is C15H22BrNO. The number of nitrogens with one attached hydrogen (secondary N) is 1. The molecule has 0 saturated heterocycles. The van der Waals surface area contributed by atoms with Crippen LogP contribution in [-0.4, -0.2) is 19.2 Å². The maximum atomic E-state index is 5.68. The van der Waals surface area contributed by atoms with E-state index in [1.807, 2.05) is 12.1 Å². The first-order valence-corrected chi connectivity index (χ1v) is 7.69. The van der Waals surface area contributed by atoms with Gasteiger partial charge in [-0.3, -0.25) is 0 Å². The van der Waals surface area contributed by atoms with Crippen molar-refractivity contribution in [3.05, 3.63) is 34.3 Å². The lowest BCUT2D eigenvalue weighted by Gasteiger charge is -2.22. The van der Waals surface area contributed by atoms with Gasteiger partial charge in [-0.05, 0) is 30.5 Å². The predicted molar refractivity (Wildman–Crippen MR) is 78.7 cm³/mol. The molecule has 1 fully saturated rings. The molecule has 1 N–H and O–H groups in total. The SMILES string of the molecule is Brc1cccc(COCCNC2CCCCC2)c1. The minimum Gasteiger partial charge on any atom is -0.375 e. The molecule has 2 nitrogen and oxygen atoms in total. The third-order valence-electron chi connectivity index (χ3n) is 3.44. The van der Waals surface area contributed by atoms with Gasteiger partial charge in [-0.25, -0.2) is 0 Å². The molecule has 0 spiro atoms. The van der Waals surface area contributed by atoms with Crippen LogP contribution in [0.3, 0.4) is 0 Å². The summed E-state index contributed by atoms with van der Waals surface area (Å²) in [6.45, 7) is 2.47. The largest absolute Gasteiger partial charge is 0.375 e. The van der Waals surface area contributed by atoms with Crippen molar-refractivity contribution < 1.29 is 4.74 Å².